The minimum absolute atomic E-state index is 0.222. The molecule has 1 heterocycles. The number of ketones is 1. The summed E-state index contributed by atoms with van der Waals surface area (Å²) >= 11 is 0. The van der Waals surface area contributed by atoms with E-state index in [9.17, 15) is 24.9 Å². The molecule has 1 amide bonds. The minimum atomic E-state index is -2.49. The molecule has 2 saturated carbocycles. The highest BCUT2D eigenvalue weighted by atomic mass is 16.7. The number of hydrogen-bond donors (Lipinski definition) is 5. The van der Waals surface area contributed by atoms with Crippen molar-refractivity contribution in [2.24, 2.45) is 16.7 Å². The number of rotatable bonds is 2. The first kappa shape index (κ1) is 23.1. The van der Waals surface area contributed by atoms with Crippen molar-refractivity contribution in [1.82, 2.24) is 5.48 Å². The lowest BCUT2D eigenvalue weighted by atomic mass is 9.40. The van der Waals surface area contributed by atoms with Crippen LogP contribution in [-0.2, 0) is 14.3 Å². The molecule has 170 valence electrons. The third kappa shape index (κ3) is 2.59. The van der Waals surface area contributed by atoms with Crippen LogP contribution in [0.2, 0.25) is 0 Å². The van der Waals surface area contributed by atoms with Gasteiger partial charge in [0.2, 0.25) is 5.79 Å². The molecule has 0 radical (unpaired) electrons. The standard InChI is InChI=1S/C21H33NO8/c1-7-17(4)11-14(24)21(27)18(5)12(16(2,3)9-8-13(18)23)10-20(26,19(21,6)30-17)29-15(25)22-28/h7,12-13,23,26-28H,1,8-11H2,2-6H3,(H,22,25)/t12-,13-,17-,18+,19+,20-,21-/m0/s1. The maximum Gasteiger partial charge on any atom is 0.433 e. The van der Waals surface area contributed by atoms with Gasteiger partial charge in [0, 0.05) is 18.3 Å². The van der Waals surface area contributed by atoms with E-state index in [0.29, 0.717) is 12.8 Å². The number of hydrogen-bond acceptors (Lipinski definition) is 8. The lowest BCUT2D eigenvalue weighted by Gasteiger charge is -2.71. The second-order valence-electron chi connectivity index (χ2n) is 10.3. The Balaban J connectivity index is 2.32. The van der Waals surface area contributed by atoms with E-state index in [1.165, 1.54) is 18.5 Å². The van der Waals surface area contributed by atoms with Crippen LogP contribution >= 0.6 is 0 Å². The quantitative estimate of drug-likeness (QED) is 0.192. The van der Waals surface area contributed by atoms with Gasteiger partial charge in [0.05, 0.1) is 11.7 Å². The smallest absolute Gasteiger partial charge is 0.412 e. The van der Waals surface area contributed by atoms with Gasteiger partial charge < -0.3 is 24.8 Å². The Kier molecular flexibility index (Phi) is 5.01. The zero-order chi connectivity index (χ0) is 23.0. The summed E-state index contributed by atoms with van der Waals surface area (Å²) in [7, 11) is 0. The van der Waals surface area contributed by atoms with Gasteiger partial charge in [-0.15, -0.1) is 6.58 Å². The Morgan fingerprint density at radius 2 is 1.87 bits per heavy atom. The number of ether oxygens (including phenoxy) is 2. The summed E-state index contributed by atoms with van der Waals surface area (Å²) in [5.74, 6) is -3.76. The van der Waals surface area contributed by atoms with Crippen LogP contribution in [0.25, 0.3) is 0 Å². The molecule has 3 rings (SSSR count). The second-order valence-corrected chi connectivity index (χ2v) is 10.3. The van der Waals surface area contributed by atoms with Crippen molar-refractivity contribution in [3.05, 3.63) is 12.7 Å². The average Bonchev–Trinajstić information content (AvgIpc) is 2.65. The zero-order valence-electron chi connectivity index (χ0n) is 18.2. The fourth-order valence-corrected chi connectivity index (χ4v) is 6.37. The molecule has 9 nitrogen and oxygen atoms in total. The van der Waals surface area contributed by atoms with E-state index in [-0.39, 0.29) is 12.8 Å². The van der Waals surface area contributed by atoms with Gasteiger partial charge in [-0.3, -0.25) is 10.0 Å². The zero-order valence-corrected chi connectivity index (χ0v) is 18.2. The topological polar surface area (TPSA) is 146 Å². The number of Topliss-reactive ketones (excluding diaryl/α,β-unsaturated/α-hetero) is 1. The Hall–Kier alpha value is -1.52. The summed E-state index contributed by atoms with van der Waals surface area (Å²) < 4.78 is 11.3. The molecule has 5 N–H and O–H groups in total. The molecule has 0 aromatic heterocycles. The van der Waals surface area contributed by atoms with Crippen LogP contribution in [0.15, 0.2) is 12.7 Å². The van der Waals surface area contributed by atoms with Gasteiger partial charge in [-0.25, -0.2) is 10.3 Å². The fourth-order valence-electron chi connectivity index (χ4n) is 6.37. The number of carbonyl (C=O) groups excluding carboxylic acids is 2. The number of nitrogens with one attached hydrogen (secondary N) is 1. The molecule has 2 aliphatic carbocycles. The van der Waals surface area contributed by atoms with E-state index in [1.54, 1.807) is 13.8 Å². The summed E-state index contributed by atoms with van der Waals surface area (Å²) in [6.07, 6.45) is -0.570. The van der Waals surface area contributed by atoms with Gasteiger partial charge in [-0.05, 0) is 38.0 Å². The molecular weight excluding hydrogens is 394 g/mol. The number of carbonyl (C=O) groups is 2. The molecule has 0 aromatic rings. The summed E-state index contributed by atoms with van der Waals surface area (Å²) in [5.41, 5.74) is -6.42. The minimum Gasteiger partial charge on any atom is -0.412 e. The number of aliphatic hydroxyl groups is 3. The summed E-state index contributed by atoms with van der Waals surface area (Å²) in [4.78, 5) is 25.5. The number of amides is 1. The average molecular weight is 427 g/mol. The molecule has 3 aliphatic rings. The number of fused-ring (bicyclic) bond motifs is 3. The lowest BCUT2D eigenvalue weighted by molar-refractivity contribution is -0.417. The molecule has 9 heteroatoms. The van der Waals surface area contributed by atoms with Crippen LogP contribution in [0, 0.1) is 16.7 Å². The third-order valence-electron chi connectivity index (χ3n) is 8.25. The van der Waals surface area contributed by atoms with Gasteiger partial charge in [-0.2, -0.15) is 0 Å². The predicted octanol–water partition coefficient (Wildman–Crippen LogP) is 1.42. The summed E-state index contributed by atoms with van der Waals surface area (Å²) in [6, 6.07) is 0. The van der Waals surface area contributed by atoms with E-state index in [2.05, 4.69) is 6.58 Å². The van der Waals surface area contributed by atoms with Crippen LogP contribution in [-0.4, -0.2) is 61.1 Å². The van der Waals surface area contributed by atoms with E-state index < -0.39 is 57.3 Å². The highest BCUT2D eigenvalue weighted by Crippen LogP contribution is 2.68. The van der Waals surface area contributed by atoms with Gasteiger partial charge in [0.25, 0.3) is 0 Å². The molecule has 1 saturated heterocycles. The monoisotopic (exact) mass is 427 g/mol. The molecule has 3 fully saturated rings. The third-order valence-corrected chi connectivity index (χ3v) is 8.25. The number of hydroxylamine groups is 1. The van der Waals surface area contributed by atoms with Gasteiger partial charge in [-0.1, -0.05) is 26.8 Å². The molecule has 30 heavy (non-hydrogen) atoms. The van der Waals surface area contributed by atoms with E-state index in [0.717, 1.165) is 0 Å². The Bertz CT molecular complexity index is 785. The molecule has 0 aromatic carbocycles. The maximum absolute atomic E-state index is 13.6. The molecule has 1 aliphatic heterocycles. The maximum atomic E-state index is 13.6. The molecule has 0 unspecified atom stereocenters. The summed E-state index contributed by atoms with van der Waals surface area (Å²) in [6.45, 7) is 12.0. The van der Waals surface area contributed by atoms with E-state index >= 15 is 0 Å². The van der Waals surface area contributed by atoms with Crippen LogP contribution in [0.3, 0.4) is 0 Å². The Labute approximate surface area is 176 Å². The van der Waals surface area contributed by atoms with Crippen molar-refractivity contribution in [1.29, 1.82) is 0 Å². The fraction of sp³-hybridized carbons (Fsp3) is 0.810. The van der Waals surface area contributed by atoms with Gasteiger partial charge in [0.1, 0.15) is 0 Å². The first-order valence-corrected chi connectivity index (χ1v) is 10.2. The van der Waals surface area contributed by atoms with Crippen molar-refractivity contribution in [3.8, 4) is 0 Å². The van der Waals surface area contributed by atoms with E-state index in [4.69, 9.17) is 14.7 Å². The normalized spacial score (nSPS) is 50.1. The Morgan fingerprint density at radius 1 is 1.27 bits per heavy atom. The van der Waals surface area contributed by atoms with Gasteiger partial charge in [0.15, 0.2) is 17.0 Å². The highest BCUT2D eigenvalue weighted by Gasteiger charge is 2.83. The van der Waals surface area contributed by atoms with Crippen LogP contribution in [0.4, 0.5) is 4.79 Å². The SMILES string of the molecule is C=C[C@@]1(C)CC(=O)[C@]2(O)[C@@]3(C)[C@@H](O)CCC(C)(C)[C@@H]3C[C@](O)(OC(=O)NO)[C@@]2(C)O1. The van der Waals surface area contributed by atoms with Crippen LogP contribution < -0.4 is 5.48 Å². The predicted molar refractivity (Wildman–Crippen MR) is 104 cm³/mol. The van der Waals surface area contributed by atoms with Crippen molar-refractivity contribution < 1.29 is 39.6 Å². The molecular formula is C21H33NO8. The van der Waals surface area contributed by atoms with Crippen molar-refractivity contribution in [2.45, 2.75) is 89.0 Å². The first-order chi connectivity index (χ1) is 13.6. The van der Waals surface area contributed by atoms with Crippen molar-refractivity contribution >= 4 is 11.9 Å². The Morgan fingerprint density at radius 3 is 2.40 bits per heavy atom. The lowest BCUT2D eigenvalue weighted by Crippen LogP contribution is -2.87. The second kappa shape index (κ2) is 6.49. The van der Waals surface area contributed by atoms with Crippen molar-refractivity contribution in [2.75, 3.05) is 0 Å². The highest BCUT2D eigenvalue weighted by molar-refractivity contribution is 5.92. The largest absolute Gasteiger partial charge is 0.433 e. The van der Waals surface area contributed by atoms with Gasteiger partial charge >= 0.3 is 6.09 Å². The number of aliphatic hydroxyl groups excluding tert-OH is 1. The van der Waals surface area contributed by atoms with Crippen LogP contribution in [0.5, 0.6) is 0 Å². The first-order valence-electron chi connectivity index (χ1n) is 10.2. The van der Waals surface area contributed by atoms with Crippen LogP contribution in [0.1, 0.15) is 60.3 Å². The summed E-state index contributed by atoms with van der Waals surface area (Å²) in [5, 5.41) is 43.9. The van der Waals surface area contributed by atoms with Crippen molar-refractivity contribution in [3.63, 3.8) is 0 Å². The molecule has 0 bridgehead atoms. The molecule has 7 atom stereocenters. The van der Waals surface area contributed by atoms with E-state index in [1.807, 2.05) is 13.8 Å². The molecule has 0 spiro atoms.